The number of hydrogen-bond donors (Lipinski definition) is 1. The highest BCUT2D eigenvalue weighted by Crippen LogP contribution is 2.36. The second-order valence-corrected chi connectivity index (χ2v) is 6.14. The Bertz CT molecular complexity index is 625. The van der Waals surface area contributed by atoms with Gasteiger partial charge in [-0.3, -0.25) is 0 Å². The van der Waals surface area contributed by atoms with Crippen molar-refractivity contribution in [1.82, 2.24) is 5.32 Å². The highest BCUT2D eigenvalue weighted by molar-refractivity contribution is 5.87. The third-order valence-electron chi connectivity index (χ3n) is 4.04. The number of rotatable bonds is 2. The van der Waals surface area contributed by atoms with E-state index in [2.05, 4.69) is 62.1 Å². The van der Waals surface area contributed by atoms with E-state index < -0.39 is 0 Å². The smallest absolute Gasteiger partial charge is 0.0362 e. The lowest BCUT2D eigenvalue weighted by atomic mass is 9.80. The van der Waals surface area contributed by atoms with Crippen LogP contribution in [0.4, 0.5) is 0 Å². The normalized spacial score (nSPS) is 21.1. The maximum atomic E-state index is 3.90. The van der Waals surface area contributed by atoms with Crippen molar-refractivity contribution in [2.75, 3.05) is 0 Å². The number of hydrogen-bond acceptors (Lipinski definition) is 1. The van der Waals surface area contributed by atoms with E-state index in [1.165, 1.54) is 21.9 Å². The van der Waals surface area contributed by atoms with Crippen molar-refractivity contribution in [3.05, 3.63) is 60.2 Å². The molecule has 0 saturated carbocycles. The van der Waals surface area contributed by atoms with Gasteiger partial charge in [-0.1, -0.05) is 42.5 Å². The third-order valence-corrected chi connectivity index (χ3v) is 4.04. The zero-order valence-electron chi connectivity index (χ0n) is 11.7. The maximum absolute atomic E-state index is 3.90. The predicted molar refractivity (Wildman–Crippen MR) is 82.4 cm³/mol. The second kappa shape index (κ2) is 4.50. The average Bonchev–Trinajstić information content (AvgIpc) is 2.38. The summed E-state index contributed by atoms with van der Waals surface area (Å²) in [5.41, 5.74) is 3.09. The van der Waals surface area contributed by atoms with E-state index >= 15 is 0 Å². The van der Waals surface area contributed by atoms with Crippen LogP contribution < -0.4 is 5.32 Å². The van der Waals surface area contributed by atoms with Gasteiger partial charge in [0.15, 0.2) is 0 Å². The predicted octanol–water partition coefficient (Wildman–Crippen LogP) is 4.38. The van der Waals surface area contributed by atoms with Crippen molar-refractivity contribution in [1.29, 1.82) is 0 Å². The summed E-state index contributed by atoms with van der Waals surface area (Å²) in [6.45, 7) is 8.47. The Morgan fingerprint density at radius 2 is 2.05 bits per heavy atom. The van der Waals surface area contributed by atoms with Crippen LogP contribution in [-0.4, -0.2) is 5.54 Å². The Hall–Kier alpha value is -1.60. The van der Waals surface area contributed by atoms with Crippen molar-refractivity contribution in [2.24, 2.45) is 0 Å². The second-order valence-electron chi connectivity index (χ2n) is 6.14. The topological polar surface area (TPSA) is 12.0 Å². The molecule has 0 aliphatic carbocycles. The molecule has 0 aromatic heterocycles. The van der Waals surface area contributed by atoms with E-state index in [0.29, 0.717) is 6.04 Å². The Morgan fingerprint density at radius 3 is 2.84 bits per heavy atom. The molecule has 1 unspecified atom stereocenters. The van der Waals surface area contributed by atoms with Crippen LogP contribution in [0.1, 0.15) is 37.4 Å². The van der Waals surface area contributed by atoms with E-state index in [9.17, 15) is 0 Å². The fraction of sp³-hybridized carbons (Fsp3) is 0.333. The van der Waals surface area contributed by atoms with Crippen LogP contribution in [0.15, 0.2) is 49.1 Å². The fourth-order valence-corrected chi connectivity index (χ4v) is 3.27. The molecule has 1 heteroatoms. The summed E-state index contributed by atoms with van der Waals surface area (Å²) in [4.78, 5) is 0. The van der Waals surface area contributed by atoms with Gasteiger partial charge in [0.05, 0.1) is 0 Å². The third kappa shape index (κ3) is 2.19. The van der Waals surface area contributed by atoms with Gasteiger partial charge < -0.3 is 5.32 Å². The zero-order valence-corrected chi connectivity index (χ0v) is 11.7. The molecule has 1 heterocycles. The molecule has 0 saturated heterocycles. The van der Waals surface area contributed by atoms with Crippen molar-refractivity contribution in [3.8, 4) is 0 Å². The molecular weight excluding hydrogens is 230 g/mol. The standard InChI is InChI=1S/C18H21N/c1-4-7-17-15-11-10-13-8-5-6-9-14(13)16(15)12-18(2,3)19-17/h4-6,8-11,17,19H,1,7,12H2,2-3H3. The molecule has 0 bridgehead atoms. The SMILES string of the molecule is C=CCC1NC(C)(C)Cc2c1ccc1ccccc21. The van der Waals surface area contributed by atoms with Gasteiger partial charge >= 0.3 is 0 Å². The van der Waals surface area contributed by atoms with Gasteiger partial charge in [-0.25, -0.2) is 0 Å². The Kier molecular flexibility index (Phi) is 2.94. The van der Waals surface area contributed by atoms with Gasteiger partial charge in [0, 0.05) is 11.6 Å². The first-order chi connectivity index (χ1) is 9.11. The zero-order chi connectivity index (χ0) is 13.5. The van der Waals surface area contributed by atoms with Crippen molar-refractivity contribution in [2.45, 2.75) is 38.3 Å². The van der Waals surface area contributed by atoms with Gasteiger partial charge in [0.1, 0.15) is 0 Å². The number of benzene rings is 2. The van der Waals surface area contributed by atoms with Crippen molar-refractivity contribution >= 4 is 10.8 Å². The molecule has 2 aromatic carbocycles. The molecule has 0 radical (unpaired) electrons. The summed E-state index contributed by atoms with van der Waals surface area (Å²) in [7, 11) is 0. The van der Waals surface area contributed by atoms with Crippen LogP contribution in [-0.2, 0) is 6.42 Å². The Balaban J connectivity index is 2.22. The minimum absolute atomic E-state index is 0.144. The molecule has 3 rings (SSSR count). The summed E-state index contributed by atoms with van der Waals surface area (Å²) >= 11 is 0. The Morgan fingerprint density at radius 1 is 1.26 bits per heavy atom. The first-order valence-electron chi connectivity index (χ1n) is 7.00. The van der Waals surface area contributed by atoms with E-state index in [1.54, 1.807) is 0 Å². The molecule has 1 aliphatic heterocycles. The van der Waals surface area contributed by atoms with E-state index in [1.807, 2.05) is 6.08 Å². The summed E-state index contributed by atoms with van der Waals surface area (Å²) in [6, 6.07) is 13.6. The molecule has 1 nitrogen and oxygen atoms in total. The van der Waals surface area contributed by atoms with Gasteiger partial charge in [-0.15, -0.1) is 6.58 Å². The van der Waals surface area contributed by atoms with Crippen molar-refractivity contribution < 1.29 is 0 Å². The van der Waals surface area contributed by atoms with Crippen LogP contribution in [0.25, 0.3) is 10.8 Å². The summed E-state index contributed by atoms with van der Waals surface area (Å²) in [5, 5.41) is 6.49. The lowest BCUT2D eigenvalue weighted by Gasteiger charge is -2.39. The quantitative estimate of drug-likeness (QED) is 0.781. The monoisotopic (exact) mass is 251 g/mol. The highest BCUT2D eigenvalue weighted by Gasteiger charge is 2.31. The Labute approximate surface area is 115 Å². The molecule has 0 spiro atoms. The van der Waals surface area contributed by atoms with E-state index in [-0.39, 0.29) is 5.54 Å². The lowest BCUT2D eigenvalue weighted by molar-refractivity contribution is 0.312. The fourth-order valence-electron chi connectivity index (χ4n) is 3.27. The maximum Gasteiger partial charge on any atom is 0.0362 e. The number of nitrogens with one attached hydrogen (secondary N) is 1. The largest absolute Gasteiger partial charge is 0.304 e. The number of fused-ring (bicyclic) bond motifs is 3. The minimum Gasteiger partial charge on any atom is -0.304 e. The molecular formula is C18H21N. The van der Waals surface area contributed by atoms with Crippen molar-refractivity contribution in [3.63, 3.8) is 0 Å². The molecule has 19 heavy (non-hydrogen) atoms. The molecule has 1 aliphatic rings. The molecule has 1 atom stereocenters. The minimum atomic E-state index is 0.144. The van der Waals surface area contributed by atoms with Crippen LogP contribution in [0, 0.1) is 0 Å². The molecule has 0 fully saturated rings. The van der Waals surface area contributed by atoms with Crippen LogP contribution in [0.3, 0.4) is 0 Å². The van der Waals surface area contributed by atoms with Crippen LogP contribution in [0.5, 0.6) is 0 Å². The van der Waals surface area contributed by atoms with Gasteiger partial charge in [-0.2, -0.15) is 0 Å². The van der Waals surface area contributed by atoms with Gasteiger partial charge in [0.25, 0.3) is 0 Å². The van der Waals surface area contributed by atoms with Gasteiger partial charge in [-0.05, 0) is 48.6 Å². The van der Waals surface area contributed by atoms with Crippen LogP contribution in [0.2, 0.25) is 0 Å². The van der Waals surface area contributed by atoms with E-state index in [0.717, 1.165) is 12.8 Å². The molecule has 1 N–H and O–H groups in total. The van der Waals surface area contributed by atoms with Crippen LogP contribution >= 0.6 is 0 Å². The first kappa shape index (κ1) is 12.4. The summed E-state index contributed by atoms with van der Waals surface area (Å²) in [6.07, 6.45) is 4.07. The first-order valence-corrected chi connectivity index (χ1v) is 7.00. The molecule has 98 valence electrons. The lowest BCUT2D eigenvalue weighted by Crippen LogP contribution is -2.47. The summed E-state index contributed by atoms with van der Waals surface area (Å²) in [5.74, 6) is 0. The average molecular weight is 251 g/mol. The molecule has 0 amide bonds. The molecule has 2 aromatic rings. The van der Waals surface area contributed by atoms with Gasteiger partial charge in [0.2, 0.25) is 0 Å². The highest BCUT2D eigenvalue weighted by atomic mass is 15.0. The summed E-state index contributed by atoms with van der Waals surface area (Å²) < 4.78 is 0. The van der Waals surface area contributed by atoms with E-state index in [4.69, 9.17) is 0 Å².